The number of nitrogens with one attached hydrogen (secondary N) is 1. The fourth-order valence-electron chi connectivity index (χ4n) is 2.54. The van der Waals surface area contributed by atoms with Crippen LogP contribution in [0.2, 0.25) is 5.02 Å². The second kappa shape index (κ2) is 13.2. The second-order valence-corrected chi connectivity index (χ2v) is 8.58. The third-order valence-corrected chi connectivity index (χ3v) is 5.60. The highest BCUT2D eigenvalue weighted by Crippen LogP contribution is 2.31. The maximum absolute atomic E-state index is 6.30. The molecule has 1 aromatic carbocycles. The lowest BCUT2D eigenvalue weighted by Crippen LogP contribution is -1.93. The molecule has 27 heavy (non-hydrogen) atoms. The lowest BCUT2D eigenvalue weighted by molar-refractivity contribution is 0.441. The molecule has 0 saturated heterocycles. The molecule has 4 nitrogen and oxygen atoms in total. The topological polar surface area (TPSA) is 47.0 Å². The molecule has 0 spiro atoms. The van der Waals surface area contributed by atoms with Gasteiger partial charge in [0.1, 0.15) is 5.75 Å². The summed E-state index contributed by atoms with van der Waals surface area (Å²) >= 11 is 11.3. The summed E-state index contributed by atoms with van der Waals surface area (Å²) in [6.45, 7) is 2.26. The van der Waals surface area contributed by atoms with Crippen molar-refractivity contribution in [3.8, 4) is 11.8 Å². The van der Waals surface area contributed by atoms with Gasteiger partial charge < -0.3 is 9.46 Å². The van der Waals surface area contributed by atoms with E-state index in [9.17, 15) is 0 Å². The zero-order chi connectivity index (χ0) is 19.3. The van der Waals surface area contributed by atoms with Crippen LogP contribution in [0.15, 0.2) is 35.1 Å². The van der Waals surface area contributed by atoms with E-state index in [1.807, 2.05) is 18.2 Å². The molecule has 1 aromatic heterocycles. The molecule has 0 radical (unpaired) electrons. The molecule has 0 fully saturated rings. The van der Waals surface area contributed by atoms with Crippen LogP contribution in [-0.2, 0) is 0 Å². The average molecular weight is 473 g/mol. The fraction of sp³-hybridized carbons (Fsp3) is 0.500. The average Bonchev–Trinajstić information content (AvgIpc) is 2.67. The molecule has 0 aliphatic rings. The molecule has 0 atom stereocenters. The van der Waals surface area contributed by atoms with Crippen LogP contribution in [-0.4, -0.2) is 15.7 Å². The lowest BCUT2D eigenvalue weighted by Gasteiger charge is -2.09. The van der Waals surface area contributed by atoms with E-state index in [1.165, 1.54) is 51.4 Å². The minimum Gasteiger partial charge on any atom is -0.423 e. The van der Waals surface area contributed by atoms with E-state index in [2.05, 4.69) is 37.5 Å². The van der Waals surface area contributed by atoms with Crippen molar-refractivity contribution in [2.45, 2.75) is 58.3 Å². The summed E-state index contributed by atoms with van der Waals surface area (Å²) in [6.07, 6.45) is 14.0. The molecule has 1 N–H and O–H groups in total. The van der Waals surface area contributed by atoms with Crippen LogP contribution >= 0.6 is 39.5 Å². The summed E-state index contributed by atoms with van der Waals surface area (Å²) in [5.41, 5.74) is 0.966. The summed E-state index contributed by atoms with van der Waals surface area (Å²) in [5.74, 6) is 1.63. The van der Waals surface area contributed by atoms with Gasteiger partial charge in [0.05, 0.1) is 9.50 Å². The molecule has 0 unspecified atom stereocenters. The van der Waals surface area contributed by atoms with Crippen LogP contribution < -0.4 is 9.46 Å². The Kier molecular flexibility index (Phi) is 10.9. The molecular formula is C20H27BrClN3OS. The van der Waals surface area contributed by atoms with Gasteiger partial charge in [-0.05, 0) is 40.5 Å². The third-order valence-electron chi connectivity index (χ3n) is 4.02. The number of benzene rings is 1. The van der Waals surface area contributed by atoms with Crippen molar-refractivity contribution in [3.63, 3.8) is 0 Å². The molecule has 0 amide bonds. The summed E-state index contributed by atoms with van der Waals surface area (Å²) < 4.78 is 9.76. The summed E-state index contributed by atoms with van der Waals surface area (Å²) in [5, 5.41) is 0.527. The van der Waals surface area contributed by atoms with Crippen LogP contribution in [0.4, 0.5) is 5.69 Å². The summed E-state index contributed by atoms with van der Waals surface area (Å²) in [7, 11) is 0. The number of rotatable bonds is 13. The normalized spacial score (nSPS) is 10.8. The SMILES string of the molecule is CCCCCCCCCCSNc1ccc(Oc2ncc(Br)cn2)c(Cl)c1. The summed E-state index contributed by atoms with van der Waals surface area (Å²) in [4.78, 5) is 8.17. The van der Waals surface area contributed by atoms with Gasteiger partial charge in [0.2, 0.25) is 0 Å². The first-order chi connectivity index (χ1) is 13.2. The van der Waals surface area contributed by atoms with Crippen molar-refractivity contribution >= 4 is 45.2 Å². The van der Waals surface area contributed by atoms with E-state index in [1.54, 1.807) is 24.3 Å². The monoisotopic (exact) mass is 471 g/mol. The first-order valence-corrected chi connectivity index (χ1v) is 11.7. The van der Waals surface area contributed by atoms with Crippen molar-refractivity contribution in [1.82, 2.24) is 9.97 Å². The van der Waals surface area contributed by atoms with E-state index < -0.39 is 0 Å². The zero-order valence-electron chi connectivity index (χ0n) is 15.7. The minimum absolute atomic E-state index is 0.268. The number of unbranched alkanes of at least 4 members (excludes halogenated alkanes) is 7. The molecule has 148 valence electrons. The van der Waals surface area contributed by atoms with Gasteiger partial charge in [0.15, 0.2) is 0 Å². The van der Waals surface area contributed by atoms with Gasteiger partial charge in [-0.25, -0.2) is 9.97 Å². The highest BCUT2D eigenvalue weighted by atomic mass is 79.9. The number of anilines is 1. The molecule has 0 aliphatic carbocycles. The second-order valence-electron chi connectivity index (χ2n) is 6.36. The van der Waals surface area contributed by atoms with Gasteiger partial charge in [-0.1, -0.05) is 75.4 Å². The van der Waals surface area contributed by atoms with Crippen molar-refractivity contribution in [2.24, 2.45) is 0 Å². The van der Waals surface area contributed by atoms with Gasteiger partial charge in [-0.3, -0.25) is 0 Å². The van der Waals surface area contributed by atoms with E-state index >= 15 is 0 Å². The smallest absolute Gasteiger partial charge is 0.321 e. The molecule has 1 heterocycles. The Morgan fingerprint density at radius 3 is 2.37 bits per heavy atom. The van der Waals surface area contributed by atoms with Crippen LogP contribution in [0.25, 0.3) is 0 Å². The zero-order valence-corrected chi connectivity index (χ0v) is 18.9. The summed E-state index contributed by atoms with van der Waals surface area (Å²) in [6, 6.07) is 5.90. The van der Waals surface area contributed by atoms with Crippen molar-refractivity contribution in [2.75, 3.05) is 10.5 Å². The molecule has 0 aliphatic heterocycles. The molecule has 2 rings (SSSR count). The number of ether oxygens (including phenoxy) is 1. The molecule has 0 bridgehead atoms. The van der Waals surface area contributed by atoms with E-state index in [0.717, 1.165) is 15.9 Å². The highest BCUT2D eigenvalue weighted by Gasteiger charge is 2.06. The Bertz CT molecular complexity index is 673. The first kappa shape index (κ1) is 22.3. The van der Waals surface area contributed by atoms with Gasteiger partial charge in [-0.2, -0.15) is 0 Å². The Morgan fingerprint density at radius 2 is 1.70 bits per heavy atom. The number of nitrogens with zero attached hydrogens (tertiary/aromatic N) is 2. The van der Waals surface area contributed by atoms with Gasteiger partial charge in [-0.15, -0.1) is 0 Å². The fourth-order valence-corrected chi connectivity index (χ4v) is 3.71. The number of halogens is 2. The Morgan fingerprint density at radius 1 is 1.04 bits per heavy atom. The first-order valence-electron chi connectivity index (χ1n) is 9.52. The number of hydrogen-bond donors (Lipinski definition) is 1. The van der Waals surface area contributed by atoms with Crippen molar-refractivity contribution in [3.05, 3.63) is 40.1 Å². The Labute approximate surface area is 180 Å². The largest absolute Gasteiger partial charge is 0.423 e. The standard InChI is InChI=1S/C20H27BrClN3OS/c1-2-3-4-5-6-7-8-9-12-27-25-17-10-11-19(18(22)13-17)26-20-23-14-16(21)15-24-20/h10-11,13-15,25H,2-9,12H2,1H3. The van der Waals surface area contributed by atoms with E-state index in [4.69, 9.17) is 16.3 Å². The molecule has 0 saturated carbocycles. The maximum Gasteiger partial charge on any atom is 0.321 e. The van der Waals surface area contributed by atoms with Gasteiger partial charge >= 0.3 is 6.01 Å². The predicted molar refractivity (Wildman–Crippen MR) is 120 cm³/mol. The number of hydrogen-bond acceptors (Lipinski definition) is 5. The van der Waals surface area contributed by atoms with Gasteiger partial charge in [0, 0.05) is 23.8 Å². The van der Waals surface area contributed by atoms with E-state index in [0.29, 0.717) is 10.8 Å². The van der Waals surface area contributed by atoms with Crippen LogP contribution in [0, 0.1) is 0 Å². The lowest BCUT2D eigenvalue weighted by atomic mass is 10.1. The van der Waals surface area contributed by atoms with E-state index in [-0.39, 0.29) is 6.01 Å². The highest BCUT2D eigenvalue weighted by molar-refractivity contribution is 9.10. The van der Waals surface area contributed by atoms with Crippen LogP contribution in [0.3, 0.4) is 0 Å². The van der Waals surface area contributed by atoms with Gasteiger partial charge in [0.25, 0.3) is 0 Å². The Hall–Kier alpha value is -0.980. The molecular weight excluding hydrogens is 446 g/mol. The maximum atomic E-state index is 6.30. The molecule has 2 aromatic rings. The van der Waals surface area contributed by atoms with Crippen LogP contribution in [0.5, 0.6) is 11.8 Å². The number of aromatic nitrogens is 2. The predicted octanol–water partition coefficient (Wildman–Crippen LogP) is 7.89. The van der Waals surface area contributed by atoms with Crippen molar-refractivity contribution < 1.29 is 4.74 Å². The van der Waals surface area contributed by atoms with Crippen molar-refractivity contribution in [1.29, 1.82) is 0 Å². The minimum atomic E-state index is 0.268. The van der Waals surface area contributed by atoms with Crippen LogP contribution in [0.1, 0.15) is 58.3 Å². The molecule has 7 heteroatoms. The Balaban J connectivity index is 1.63. The quantitative estimate of drug-likeness (QED) is 0.237. The third kappa shape index (κ3) is 9.17.